The second kappa shape index (κ2) is 20.3. The van der Waals surface area contributed by atoms with Gasteiger partial charge in [-0.15, -0.1) is 6.58 Å². The van der Waals surface area contributed by atoms with E-state index in [0.29, 0.717) is 12.0 Å². The average molecular weight is 923 g/mol. The molecule has 0 radical (unpaired) electrons. The van der Waals surface area contributed by atoms with Gasteiger partial charge < -0.3 is 56.1 Å². The quantitative estimate of drug-likeness (QED) is 0.0303. The van der Waals surface area contributed by atoms with Crippen LogP contribution in [0.4, 0.5) is 11.6 Å². The van der Waals surface area contributed by atoms with Crippen LogP contribution < -0.4 is 27.8 Å². The van der Waals surface area contributed by atoms with E-state index in [1.165, 1.54) is 29.2 Å². The van der Waals surface area contributed by atoms with Crippen molar-refractivity contribution in [1.29, 1.82) is 0 Å². The van der Waals surface area contributed by atoms with Crippen LogP contribution in [0, 0.1) is 0 Å². The number of aliphatic hydroxyl groups is 1. The van der Waals surface area contributed by atoms with Crippen LogP contribution in [-0.4, -0.2) is 123 Å². The van der Waals surface area contributed by atoms with Gasteiger partial charge in [-0.3, -0.25) is 32.3 Å². The van der Waals surface area contributed by atoms with Crippen LogP contribution in [0.5, 0.6) is 0 Å². The predicted molar refractivity (Wildman–Crippen MR) is 214 cm³/mol. The molecule has 340 valence electrons. The molecule has 4 unspecified atom stereocenters. The first kappa shape index (κ1) is 47.0. The SMILES string of the molecule is C=CCCC(=O)NCC(=O)N[C@@H](Cc1ccccc1)C(=O)OC1C(O)[C@H](n2cnc3c(N)ncnc32)O[C@@H]1COP(=O)(O)OC1C[C@H](n2ccc(N)nc2=O)O[C@@H]1COP(=O)(O)O. The summed E-state index contributed by atoms with van der Waals surface area (Å²) < 4.78 is 60.2. The second-order valence-corrected chi connectivity index (χ2v) is 16.7. The lowest BCUT2D eigenvalue weighted by Gasteiger charge is -2.25. The molecule has 63 heavy (non-hydrogen) atoms. The van der Waals surface area contributed by atoms with Crippen molar-refractivity contribution in [2.45, 2.75) is 74.7 Å². The number of aromatic nitrogens is 6. The highest BCUT2D eigenvalue weighted by Gasteiger charge is 2.50. The van der Waals surface area contributed by atoms with Crippen molar-refractivity contribution in [3.8, 4) is 0 Å². The fourth-order valence-electron chi connectivity index (χ4n) is 6.61. The number of nitrogens with one attached hydrogen (secondary N) is 2. The zero-order valence-electron chi connectivity index (χ0n) is 33.0. The van der Waals surface area contributed by atoms with Gasteiger partial charge in [-0.05, 0) is 18.1 Å². The molecule has 2 saturated heterocycles. The highest BCUT2D eigenvalue weighted by atomic mass is 31.2. The summed E-state index contributed by atoms with van der Waals surface area (Å²) >= 11 is 0. The molecule has 1 aromatic carbocycles. The van der Waals surface area contributed by atoms with E-state index < -0.39 is 108 Å². The number of benzene rings is 1. The maximum absolute atomic E-state index is 14.0. The van der Waals surface area contributed by atoms with Crippen LogP contribution in [0.1, 0.15) is 37.3 Å². The fourth-order valence-corrected chi connectivity index (χ4v) is 7.91. The third kappa shape index (κ3) is 12.4. The molecule has 0 aliphatic carbocycles. The number of phosphoric acid groups is 2. The number of allylic oxidation sites excluding steroid dienone is 1. The number of hydrogen-bond donors (Lipinski definition) is 8. The first-order valence-corrected chi connectivity index (χ1v) is 22.0. The molecule has 10 N–H and O–H groups in total. The van der Waals surface area contributed by atoms with Crippen LogP contribution in [-0.2, 0) is 57.7 Å². The lowest BCUT2D eigenvalue weighted by Crippen LogP contribution is -2.49. The normalized spacial score (nSPS) is 23.8. The Bertz CT molecular complexity index is 2440. The first-order chi connectivity index (χ1) is 29.9. The molecule has 0 saturated carbocycles. The van der Waals surface area contributed by atoms with E-state index in [2.05, 4.69) is 41.7 Å². The van der Waals surface area contributed by atoms with E-state index in [1.54, 1.807) is 30.3 Å². The Balaban J connectivity index is 1.22. The summed E-state index contributed by atoms with van der Waals surface area (Å²) in [4.78, 5) is 97.1. The van der Waals surface area contributed by atoms with Gasteiger partial charge in [-0.1, -0.05) is 36.4 Å². The number of hydrogen-bond acceptors (Lipinski definition) is 19. The van der Waals surface area contributed by atoms with E-state index in [0.717, 1.165) is 10.9 Å². The number of rotatable bonds is 20. The van der Waals surface area contributed by atoms with Gasteiger partial charge >= 0.3 is 27.3 Å². The van der Waals surface area contributed by atoms with Crippen molar-refractivity contribution in [1.82, 2.24) is 39.7 Å². The van der Waals surface area contributed by atoms with Gasteiger partial charge in [-0.25, -0.2) is 33.7 Å². The number of amides is 2. The van der Waals surface area contributed by atoms with Crippen molar-refractivity contribution >= 4 is 56.2 Å². The third-order valence-electron chi connectivity index (χ3n) is 9.57. The molecule has 9 atom stereocenters. The zero-order chi connectivity index (χ0) is 45.5. The van der Waals surface area contributed by atoms with Gasteiger partial charge in [0.05, 0.1) is 26.1 Å². The van der Waals surface area contributed by atoms with Crippen molar-refractivity contribution in [3.05, 3.63) is 84.0 Å². The zero-order valence-corrected chi connectivity index (χ0v) is 34.8. The summed E-state index contributed by atoms with van der Waals surface area (Å²) in [6, 6.07) is 8.38. The van der Waals surface area contributed by atoms with Gasteiger partial charge in [0, 0.05) is 25.5 Å². The number of phosphoric ester groups is 2. The molecular weight excluding hydrogens is 878 g/mol. The smallest absolute Gasteiger partial charge is 0.455 e. The number of nitrogens with two attached hydrogens (primary N) is 2. The van der Waals surface area contributed by atoms with E-state index in [1.807, 2.05) is 0 Å². The third-order valence-corrected chi connectivity index (χ3v) is 11.1. The minimum absolute atomic E-state index is 0.0102. The average Bonchev–Trinajstić information content (AvgIpc) is 3.92. The van der Waals surface area contributed by atoms with Crippen LogP contribution in [0.15, 0.2) is 72.7 Å². The summed E-state index contributed by atoms with van der Waals surface area (Å²) in [5, 5.41) is 16.7. The standard InChI is InChI=1S/C35H44N10O16P2/c1-2-3-9-25(46)38-14-26(47)42-20(12-19-7-5-4-6-8-19)34(49)60-30-23(59-33(29(30)48)45-18-41-28-31(37)39-17-40-32(28)45)16-57-63(54,55)61-21-13-27(44-11-10-24(36)43-35(44)50)58-22(21)15-56-62(51,52)53/h2,4-8,10-11,17-18,20-23,27,29-30,33,48H,1,3,9,12-16H2,(H,38,46)(H,42,47)(H,54,55)(H2,36,43,50)(H2,37,39,40)(H2,51,52,53)/t20-,21?,22+,23+,27+,29?,30?,33+/m0/s1. The van der Waals surface area contributed by atoms with Gasteiger partial charge in [0.25, 0.3) is 0 Å². The first-order valence-electron chi connectivity index (χ1n) is 18.9. The Morgan fingerprint density at radius 2 is 1.75 bits per heavy atom. The molecule has 28 heteroatoms. The molecule has 26 nitrogen and oxygen atoms in total. The van der Waals surface area contributed by atoms with E-state index in [4.69, 9.17) is 34.7 Å². The summed E-state index contributed by atoms with van der Waals surface area (Å²) in [5.74, 6) is -2.39. The Kier molecular flexibility index (Phi) is 15.2. The molecule has 0 bridgehead atoms. The lowest BCUT2D eigenvalue weighted by molar-refractivity contribution is -0.160. The highest BCUT2D eigenvalue weighted by molar-refractivity contribution is 7.47. The van der Waals surface area contributed by atoms with Crippen molar-refractivity contribution in [2.75, 3.05) is 31.2 Å². The van der Waals surface area contributed by atoms with Crippen LogP contribution >= 0.6 is 15.6 Å². The van der Waals surface area contributed by atoms with E-state index in [-0.39, 0.29) is 42.1 Å². The lowest BCUT2D eigenvalue weighted by atomic mass is 10.1. The molecule has 2 amide bonds. The van der Waals surface area contributed by atoms with E-state index >= 15 is 0 Å². The largest absolute Gasteiger partial charge is 0.472 e. The Labute approximate surface area is 356 Å². The number of aliphatic hydroxyl groups excluding tert-OH is 1. The predicted octanol–water partition coefficient (Wildman–Crippen LogP) is -0.873. The number of esters is 1. The Hall–Kier alpha value is -5.50. The molecule has 0 spiro atoms. The van der Waals surface area contributed by atoms with Gasteiger partial charge in [0.15, 0.2) is 23.8 Å². The van der Waals surface area contributed by atoms with Crippen molar-refractivity contribution in [3.63, 3.8) is 0 Å². The molecule has 2 fully saturated rings. The maximum Gasteiger partial charge on any atom is 0.472 e. The van der Waals surface area contributed by atoms with Crippen molar-refractivity contribution in [2.24, 2.45) is 0 Å². The summed E-state index contributed by atoms with van der Waals surface area (Å²) in [6.07, 6.45) is -5.59. The number of nitrogens with zero attached hydrogens (tertiary/aromatic N) is 6. The molecule has 2 aliphatic heterocycles. The van der Waals surface area contributed by atoms with Crippen LogP contribution in [0.2, 0.25) is 0 Å². The minimum Gasteiger partial charge on any atom is -0.455 e. The number of carbonyl (C=O) groups is 3. The monoisotopic (exact) mass is 922 g/mol. The molecular formula is C35H44N10O16P2. The molecule has 2 aliphatic rings. The number of anilines is 2. The van der Waals surface area contributed by atoms with Gasteiger partial charge in [-0.2, -0.15) is 4.98 Å². The molecule has 6 rings (SSSR count). The Morgan fingerprint density at radius 3 is 2.46 bits per heavy atom. The Morgan fingerprint density at radius 1 is 1.00 bits per heavy atom. The number of ether oxygens (including phenoxy) is 3. The van der Waals surface area contributed by atoms with Crippen molar-refractivity contribution < 1.29 is 71.1 Å². The summed E-state index contributed by atoms with van der Waals surface area (Å²) in [7, 11) is -10.3. The summed E-state index contributed by atoms with van der Waals surface area (Å²) in [6.45, 7) is 1.28. The fraction of sp³-hybridized carbons (Fsp3) is 0.429. The molecule has 5 heterocycles. The van der Waals surface area contributed by atoms with Crippen LogP contribution in [0.25, 0.3) is 11.2 Å². The number of imidazole rings is 1. The van der Waals surface area contributed by atoms with Gasteiger partial charge in [0.1, 0.15) is 54.3 Å². The number of fused-ring (bicyclic) bond motifs is 1. The minimum atomic E-state index is -5.25. The molecule has 3 aromatic heterocycles. The van der Waals surface area contributed by atoms with Gasteiger partial charge in [0.2, 0.25) is 11.8 Å². The van der Waals surface area contributed by atoms with E-state index in [9.17, 15) is 48.1 Å². The number of nitrogen functional groups attached to an aromatic ring is 2. The highest BCUT2D eigenvalue weighted by Crippen LogP contribution is 2.50. The maximum atomic E-state index is 14.0. The molecule has 4 aromatic rings. The number of carbonyl (C=O) groups excluding carboxylic acids is 3. The summed E-state index contributed by atoms with van der Waals surface area (Å²) in [5.41, 5.74) is 11.5. The second-order valence-electron chi connectivity index (χ2n) is 14.1. The topological polar surface area (TPSA) is 376 Å². The van der Waals surface area contributed by atoms with Crippen LogP contribution in [0.3, 0.4) is 0 Å².